The minimum atomic E-state index is -1.34. The molecule has 0 amide bonds. The number of carboxylic acid groups (broad SMARTS) is 1. The number of carbonyl (C=O) groups is 2. The molecule has 0 aromatic heterocycles. The average Bonchev–Trinajstić information content (AvgIpc) is 2.94. The SMILES string of the molecule is CC=CCCCC=C[C@H]1C=CC(Cl)(C=O)[C@@H]1CC=CCCC(O)C(=O)O. The Labute approximate surface area is 160 Å². The molecule has 0 aromatic rings. The van der Waals surface area contributed by atoms with E-state index in [1.807, 2.05) is 31.2 Å². The molecule has 4 atom stereocenters. The molecule has 2 N–H and O–H groups in total. The van der Waals surface area contributed by atoms with Gasteiger partial charge in [0.2, 0.25) is 0 Å². The van der Waals surface area contributed by atoms with Crippen molar-refractivity contribution in [3.05, 3.63) is 48.6 Å². The molecule has 1 aliphatic carbocycles. The van der Waals surface area contributed by atoms with Crippen LogP contribution in [-0.2, 0) is 9.59 Å². The fourth-order valence-electron chi connectivity index (χ4n) is 2.99. The normalized spacial score (nSPS) is 27.0. The van der Waals surface area contributed by atoms with E-state index in [1.165, 1.54) is 0 Å². The number of hydrogen-bond acceptors (Lipinski definition) is 3. The second-order valence-corrected chi connectivity index (χ2v) is 7.21. The van der Waals surface area contributed by atoms with Gasteiger partial charge in [-0.3, -0.25) is 0 Å². The van der Waals surface area contributed by atoms with Gasteiger partial charge < -0.3 is 15.0 Å². The van der Waals surface area contributed by atoms with Crippen molar-refractivity contribution in [2.24, 2.45) is 11.8 Å². The van der Waals surface area contributed by atoms with Crippen LogP contribution < -0.4 is 0 Å². The maximum absolute atomic E-state index is 11.4. The van der Waals surface area contributed by atoms with Gasteiger partial charge in [0.1, 0.15) is 11.2 Å². The number of halogens is 1. The van der Waals surface area contributed by atoms with Crippen LogP contribution in [0.3, 0.4) is 0 Å². The number of rotatable bonds is 12. The standard InChI is InChI=1S/C21H29ClO4/c1-2-3-4-5-6-8-11-17-14-15-21(22,16-23)18(17)12-9-7-10-13-19(24)20(25)26/h2-3,7-9,11,14-19,24H,4-6,10,12-13H2,1H3,(H,25,26)/t17-,18+,19?,21?/m0/s1. The number of carboxylic acids is 1. The lowest BCUT2D eigenvalue weighted by molar-refractivity contribution is -0.146. The van der Waals surface area contributed by atoms with E-state index in [1.54, 1.807) is 6.08 Å². The average molecular weight is 381 g/mol. The molecule has 0 radical (unpaired) electrons. The van der Waals surface area contributed by atoms with E-state index in [9.17, 15) is 14.7 Å². The molecule has 0 fully saturated rings. The summed E-state index contributed by atoms with van der Waals surface area (Å²) in [4.78, 5) is 21.0. The van der Waals surface area contributed by atoms with E-state index < -0.39 is 16.9 Å². The highest BCUT2D eigenvalue weighted by Gasteiger charge is 2.41. The summed E-state index contributed by atoms with van der Waals surface area (Å²) in [6.07, 6.45) is 19.8. The first kappa shape index (κ1) is 22.4. The molecule has 0 saturated heterocycles. The van der Waals surface area contributed by atoms with E-state index in [0.717, 1.165) is 25.5 Å². The molecule has 0 saturated carbocycles. The van der Waals surface area contributed by atoms with Crippen LogP contribution in [0.15, 0.2) is 48.6 Å². The van der Waals surface area contributed by atoms with Crippen molar-refractivity contribution in [1.29, 1.82) is 0 Å². The molecule has 26 heavy (non-hydrogen) atoms. The van der Waals surface area contributed by atoms with Crippen LogP contribution in [0.5, 0.6) is 0 Å². The van der Waals surface area contributed by atoms with E-state index in [2.05, 4.69) is 18.2 Å². The van der Waals surface area contributed by atoms with Gasteiger partial charge in [-0.2, -0.15) is 0 Å². The topological polar surface area (TPSA) is 74.6 Å². The summed E-state index contributed by atoms with van der Waals surface area (Å²) in [5, 5.41) is 17.9. The summed E-state index contributed by atoms with van der Waals surface area (Å²) < 4.78 is 0. The quantitative estimate of drug-likeness (QED) is 0.227. The summed E-state index contributed by atoms with van der Waals surface area (Å²) in [6.45, 7) is 2.01. The smallest absolute Gasteiger partial charge is 0.332 e. The van der Waals surface area contributed by atoms with Crippen molar-refractivity contribution in [2.45, 2.75) is 56.4 Å². The number of unbranched alkanes of at least 4 members (excludes halogenated alkanes) is 2. The molecule has 0 aromatic carbocycles. The second kappa shape index (κ2) is 11.9. The zero-order chi connectivity index (χ0) is 19.4. The lowest BCUT2D eigenvalue weighted by atomic mass is 9.84. The number of carbonyl (C=O) groups excluding carboxylic acids is 1. The van der Waals surface area contributed by atoms with Gasteiger partial charge in [-0.1, -0.05) is 48.6 Å². The number of alkyl halides is 1. The van der Waals surface area contributed by atoms with Gasteiger partial charge in [-0.05, 0) is 45.4 Å². The van der Waals surface area contributed by atoms with Gasteiger partial charge in [-0.15, -0.1) is 11.6 Å². The van der Waals surface area contributed by atoms with Crippen molar-refractivity contribution in [2.75, 3.05) is 0 Å². The van der Waals surface area contributed by atoms with Gasteiger partial charge in [0, 0.05) is 11.8 Å². The van der Waals surface area contributed by atoms with Crippen molar-refractivity contribution in [1.82, 2.24) is 0 Å². The fraction of sp³-hybridized carbons (Fsp3) is 0.524. The van der Waals surface area contributed by atoms with Gasteiger partial charge in [0.25, 0.3) is 0 Å². The van der Waals surface area contributed by atoms with Gasteiger partial charge in [0.15, 0.2) is 6.10 Å². The Hall–Kier alpha value is -1.65. The second-order valence-electron chi connectivity index (χ2n) is 6.55. The highest BCUT2D eigenvalue weighted by Crippen LogP contribution is 2.41. The maximum Gasteiger partial charge on any atom is 0.332 e. The molecular weight excluding hydrogens is 352 g/mol. The number of aliphatic carboxylic acids is 1. The molecule has 0 bridgehead atoms. The molecule has 0 aliphatic heterocycles. The van der Waals surface area contributed by atoms with Crippen LogP contribution in [0.25, 0.3) is 0 Å². The Morgan fingerprint density at radius 2 is 1.96 bits per heavy atom. The third kappa shape index (κ3) is 7.30. The van der Waals surface area contributed by atoms with E-state index in [0.29, 0.717) is 12.8 Å². The lowest BCUT2D eigenvalue weighted by Crippen LogP contribution is -2.30. The van der Waals surface area contributed by atoms with Crippen LogP contribution in [0.2, 0.25) is 0 Å². The summed E-state index contributed by atoms with van der Waals surface area (Å²) in [5.74, 6) is -1.17. The van der Waals surface area contributed by atoms with Crippen molar-refractivity contribution in [3.8, 4) is 0 Å². The summed E-state index contributed by atoms with van der Waals surface area (Å²) >= 11 is 6.45. The van der Waals surface area contributed by atoms with Crippen LogP contribution in [0, 0.1) is 11.8 Å². The molecule has 144 valence electrons. The number of hydrogen-bond donors (Lipinski definition) is 2. The fourth-order valence-corrected chi connectivity index (χ4v) is 3.29. The van der Waals surface area contributed by atoms with Crippen LogP contribution in [0.4, 0.5) is 0 Å². The summed E-state index contributed by atoms with van der Waals surface area (Å²) in [6, 6.07) is 0. The molecule has 1 aliphatic rings. The maximum atomic E-state index is 11.4. The first-order chi connectivity index (χ1) is 12.4. The summed E-state index contributed by atoms with van der Waals surface area (Å²) in [7, 11) is 0. The minimum absolute atomic E-state index is 0.0610. The highest BCUT2D eigenvalue weighted by molar-refractivity contribution is 6.33. The Bertz CT molecular complexity index is 564. The molecule has 5 heteroatoms. The monoisotopic (exact) mass is 380 g/mol. The Morgan fingerprint density at radius 1 is 1.23 bits per heavy atom. The zero-order valence-electron chi connectivity index (χ0n) is 15.3. The zero-order valence-corrected chi connectivity index (χ0v) is 16.0. The first-order valence-electron chi connectivity index (χ1n) is 9.13. The Balaban J connectivity index is 2.54. The van der Waals surface area contributed by atoms with Gasteiger partial charge >= 0.3 is 5.97 Å². The number of allylic oxidation sites excluding steroid dienone is 8. The number of aldehydes is 1. The van der Waals surface area contributed by atoms with Crippen LogP contribution in [0.1, 0.15) is 45.4 Å². The van der Waals surface area contributed by atoms with Crippen molar-refractivity contribution in [3.63, 3.8) is 0 Å². The first-order valence-corrected chi connectivity index (χ1v) is 9.50. The van der Waals surface area contributed by atoms with Crippen LogP contribution in [-0.4, -0.2) is 33.4 Å². The predicted molar refractivity (Wildman–Crippen MR) is 105 cm³/mol. The number of aliphatic hydroxyl groups excluding tert-OH is 1. The molecule has 0 heterocycles. The van der Waals surface area contributed by atoms with E-state index in [4.69, 9.17) is 16.7 Å². The number of aliphatic hydroxyl groups is 1. The molecule has 0 spiro atoms. The largest absolute Gasteiger partial charge is 0.479 e. The molecule has 2 unspecified atom stereocenters. The Kier molecular flexibility index (Phi) is 10.2. The minimum Gasteiger partial charge on any atom is -0.479 e. The third-order valence-electron chi connectivity index (χ3n) is 4.57. The lowest BCUT2D eigenvalue weighted by Gasteiger charge is -2.25. The summed E-state index contributed by atoms with van der Waals surface area (Å²) in [5.41, 5.74) is 0. The van der Waals surface area contributed by atoms with Crippen molar-refractivity contribution >= 4 is 23.9 Å². The van der Waals surface area contributed by atoms with E-state index in [-0.39, 0.29) is 18.3 Å². The molecule has 1 rings (SSSR count). The van der Waals surface area contributed by atoms with E-state index >= 15 is 0 Å². The Morgan fingerprint density at radius 3 is 2.62 bits per heavy atom. The van der Waals surface area contributed by atoms with Gasteiger partial charge in [0.05, 0.1) is 0 Å². The van der Waals surface area contributed by atoms with Crippen molar-refractivity contribution < 1.29 is 19.8 Å². The van der Waals surface area contributed by atoms with Gasteiger partial charge in [-0.25, -0.2) is 4.79 Å². The van der Waals surface area contributed by atoms with Crippen LogP contribution >= 0.6 is 11.6 Å². The third-order valence-corrected chi connectivity index (χ3v) is 5.07. The molecule has 4 nitrogen and oxygen atoms in total. The highest BCUT2D eigenvalue weighted by atomic mass is 35.5. The predicted octanol–water partition coefficient (Wildman–Crippen LogP) is 4.44. The molecular formula is C21H29ClO4.